The van der Waals surface area contributed by atoms with Crippen LogP contribution in [0.4, 0.5) is 45.2 Å². The Morgan fingerprint density at radius 3 is 2.07 bits per heavy atom. The molecule has 0 radical (unpaired) electrons. The molecule has 30 heavy (non-hydrogen) atoms. The molecule has 1 aromatic carbocycles. The molecule has 13 heteroatoms. The van der Waals surface area contributed by atoms with Gasteiger partial charge in [-0.25, -0.2) is 0 Å². The van der Waals surface area contributed by atoms with Crippen molar-refractivity contribution < 1.29 is 49.0 Å². The number of ether oxygens (including phenoxy) is 1. The lowest BCUT2D eigenvalue weighted by atomic mass is 10.2. The minimum absolute atomic E-state index is 0.0498. The van der Waals surface area contributed by atoms with Gasteiger partial charge in [-0.05, 0) is 12.1 Å². The predicted octanol–water partition coefficient (Wildman–Crippen LogP) is 5.08. The summed E-state index contributed by atoms with van der Waals surface area (Å²) < 4.78 is 120. The predicted molar refractivity (Wildman–Crippen MR) is 93.8 cm³/mol. The summed E-state index contributed by atoms with van der Waals surface area (Å²) >= 11 is 0. The Hall–Kier alpha value is -2.02. The highest BCUT2D eigenvalue weighted by atomic mass is 28.3. The third-order valence-electron chi connectivity index (χ3n) is 4.13. The van der Waals surface area contributed by atoms with Gasteiger partial charge in [0.25, 0.3) is 0 Å². The van der Waals surface area contributed by atoms with Gasteiger partial charge < -0.3 is 4.90 Å². The Balaban J connectivity index is 3.36. The third-order valence-corrected chi connectivity index (χ3v) is 6.95. The molecule has 1 atom stereocenters. The minimum atomic E-state index is -6.39. The highest BCUT2D eigenvalue weighted by molar-refractivity contribution is 6.93. The summed E-state index contributed by atoms with van der Waals surface area (Å²) in [6.07, 6.45) is -20.9. The van der Waals surface area contributed by atoms with Crippen molar-refractivity contribution in [2.24, 2.45) is 0 Å². The van der Waals surface area contributed by atoms with E-state index in [1.807, 2.05) is 0 Å². The van der Waals surface area contributed by atoms with Crippen LogP contribution in [0.25, 0.3) is 0 Å². The fraction of sp³-hybridized carbons (Fsp3) is 0.471. The number of likely N-dealkylation sites (N-methyl/N-ethyl adjacent to an activating group) is 1. The van der Waals surface area contributed by atoms with Crippen molar-refractivity contribution in [2.75, 3.05) is 11.9 Å². The summed E-state index contributed by atoms with van der Waals surface area (Å²) in [5.41, 5.74) is 1.30. The molecule has 0 spiro atoms. The fourth-order valence-electron chi connectivity index (χ4n) is 2.26. The van der Waals surface area contributed by atoms with Gasteiger partial charge in [-0.1, -0.05) is 36.1 Å². The zero-order chi connectivity index (χ0) is 23.8. The number of rotatable bonds is 7. The molecule has 1 aromatic rings. The van der Waals surface area contributed by atoms with Crippen LogP contribution in [0.2, 0.25) is 13.1 Å². The van der Waals surface area contributed by atoms with E-state index in [1.165, 1.54) is 12.1 Å². The summed E-state index contributed by atoms with van der Waals surface area (Å²) in [5, 5.41) is 0.564. The van der Waals surface area contributed by atoms with Gasteiger partial charge in [0.2, 0.25) is 0 Å². The van der Waals surface area contributed by atoms with Crippen molar-refractivity contribution in [2.45, 2.75) is 43.8 Å². The summed E-state index contributed by atoms with van der Waals surface area (Å²) in [6, 6.07) is 5.24. The quantitative estimate of drug-likeness (QED) is 0.414. The number of carbonyl (C=O) groups is 1. The van der Waals surface area contributed by atoms with Crippen LogP contribution in [0.1, 0.15) is 6.42 Å². The van der Waals surface area contributed by atoms with E-state index in [2.05, 4.69) is 11.3 Å². The summed E-state index contributed by atoms with van der Waals surface area (Å²) in [6.45, 7) is 7.24. The van der Waals surface area contributed by atoms with Crippen LogP contribution in [-0.2, 0) is 9.53 Å². The molecular formula is C17H18F9NO2Si. The summed E-state index contributed by atoms with van der Waals surface area (Å²) in [4.78, 5) is 12.2. The highest BCUT2D eigenvalue weighted by Gasteiger charge is 2.69. The van der Waals surface area contributed by atoms with E-state index < -0.39 is 44.7 Å². The average molecular weight is 467 g/mol. The minimum Gasteiger partial charge on any atom is -0.310 e. The van der Waals surface area contributed by atoms with Crippen LogP contribution < -0.4 is 10.1 Å². The molecule has 0 fully saturated rings. The molecule has 3 nitrogen and oxygen atoms in total. The molecule has 0 bridgehead atoms. The SMILES string of the molecule is C=C[Si](C)(C)c1cccc(N(C)C(=O)C(F)(OC(F)(F)CC(F)(F)F)C(F)(F)F)c1. The normalized spacial score (nSPS) is 15.5. The number of hydrogen-bond acceptors (Lipinski definition) is 2. The number of alkyl halides is 9. The summed E-state index contributed by atoms with van der Waals surface area (Å²) in [5.74, 6) is -8.38. The van der Waals surface area contributed by atoms with Gasteiger partial charge in [0.05, 0.1) is 0 Å². The number of anilines is 1. The molecular weight excluding hydrogens is 449 g/mol. The van der Waals surface area contributed by atoms with Gasteiger partial charge in [-0.2, -0.15) is 39.5 Å². The van der Waals surface area contributed by atoms with Crippen molar-refractivity contribution in [1.29, 1.82) is 0 Å². The maximum absolute atomic E-state index is 14.5. The number of nitrogens with zero attached hydrogens (tertiary/aromatic N) is 1. The van der Waals surface area contributed by atoms with Crippen molar-refractivity contribution in [3.05, 3.63) is 36.5 Å². The Morgan fingerprint density at radius 1 is 1.10 bits per heavy atom. The first-order chi connectivity index (χ1) is 13.3. The standard InChI is InChI=1S/C17H18F9NO2Si/c1-5-30(3,4)12-8-6-7-11(9-12)27(2)13(28)16(23,17(24,25)26)29-15(21,22)10-14(18,19)20/h5-9H,1,10H2,2-4H3. The van der Waals surface area contributed by atoms with Gasteiger partial charge in [-0.3, -0.25) is 9.53 Å². The lowest BCUT2D eigenvalue weighted by Gasteiger charge is -2.33. The van der Waals surface area contributed by atoms with Crippen LogP contribution in [0, 0.1) is 0 Å². The largest absolute Gasteiger partial charge is 0.458 e. The second kappa shape index (κ2) is 8.25. The maximum atomic E-state index is 14.5. The highest BCUT2D eigenvalue weighted by Crippen LogP contribution is 2.44. The third kappa shape index (κ3) is 6.00. The molecule has 1 amide bonds. The van der Waals surface area contributed by atoms with Crippen molar-refractivity contribution >= 4 is 24.9 Å². The first-order valence-corrected chi connectivity index (χ1v) is 11.3. The molecule has 0 heterocycles. The van der Waals surface area contributed by atoms with E-state index in [-0.39, 0.29) is 10.6 Å². The van der Waals surface area contributed by atoms with Gasteiger partial charge in [0, 0.05) is 12.7 Å². The maximum Gasteiger partial charge on any atom is 0.458 e. The van der Waals surface area contributed by atoms with E-state index in [1.54, 1.807) is 24.9 Å². The van der Waals surface area contributed by atoms with E-state index in [0.717, 1.165) is 6.07 Å². The monoisotopic (exact) mass is 467 g/mol. The smallest absolute Gasteiger partial charge is 0.310 e. The zero-order valence-corrected chi connectivity index (χ0v) is 17.0. The second-order valence-corrected chi connectivity index (χ2v) is 11.4. The molecule has 0 saturated heterocycles. The molecule has 0 saturated carbocycles. The first-order valence-electron chi connectivity index (χ1n) is 8.18. The molecule has 0 aliphatic rings. The molecule has 0 aromatic heterocycles. The zero-order valence-electron chi connectivity index (χ0n) is 16.0. The van der Waals surface area contributed by atoms with Crippen LogP contribution in [0.3, 0.4) is 0 Å². The second-order valence-electron chi connectivity index (χ2n) is 6.96. The Labute approximate surface area is 167 Å². The lowest BCUT2D eigenvalue weighted by molar-refractivity contribution is -0.406. The van der Waals surface area contributed by atoms with Gasteiger partial charge in [-0.15, -0.1) is 6.58 Å². The van der Waals surface area contributed by atoms with Crippen molar-refractivity contribution in [1.82, 2.24) is 0 Å². The average Bonchev–Trinajstić information content (AvgIpc) is 2.56. The van der Waals surface area contributed by atoms with Gasteiger partial charge >= 0.3 is 30.2 Å². The fourth-order valence-corrected chi connectivity index (χ4v) is 3.55. The number of hydrogen-bond donors (Lipinski definition) is 0. The molecule has 170 valence electrons. The summed E-state index contributed by atoms with van der Waals surface area (Å²) in [7, 11) is -1.63. The topological polar surface area (TPSA) is 29.5 Å². The molecule has 0 aliphatic heterocycles. The van der Waals surface area contributed by atoms with E-state index >= 15 is 0 Å². The number of amides is 1. The van der Waals surface area contributed by atoms with E-state index in [4.69, 9.17) is 0 Å². The molecule has 1 rings (SSSR count). The Bertz CT molecular complexity index is 792. The Kier molecular flexibility index (Phi) is 7.15. The van der Waals surface area contributed by atoms with Crippen LogP contribution in [-0.4, -0.2) is 45.3 Å². The van der Waals surface area contributed by atoms with Crippen LogP contribution in [0.5, 0.6) is 0 Å². The lowest BCUT2D eigenvalue weighted by Crippen LogP contribution is -2.59. The van der Waals surface area contributed by atoms with E-state index in [0.29, 0.717) is 12.2 Å². The van der Waals surface area contributed by atoms with Crippen molar-refractivity contribution in [3.8, 4) is 0 Å². The number of carbonyl (C=O) groups excluding carboxylic acids is 1. The van der Waals surface area contributed by atoms with Crippen molar-refractivity contribution in [3.63, 3.8) is 0 Å². The van der Waals surface area contributed by atoms with E-state index in [9.17, 15) is 44.3 Å². The van der Waals surface area contributed by atoms with Crippen LogP contribution in [0.15, 0.2) is 36.5 Å². The number of benzene rings is 1. The van der Waals surface area contributed by atoms with Crippen LogP contribution >= 0.6 is 0 Å². The number of halogens is 9. The first kappa shape index (κ1) is 26.0. The molecule has 0 N–H and O–H groups in total. The van der Waals surface area contributed by atoms with Gasteiger partial charge in [0.1, 0.15) is 14.5 Å². The molecule has 1 unspecified atom stereocenters. The van der Waals surface area contributed by atoms with Gasteiger partial charge in [0.15, 0.2) is 0 Å². The molecule has 0 aliphatic carbocycles. The Morgan fingerprint density at radius 2 is 1.63 bits per heavy atom.